The first-order valence-electron chi connectivity index (χ1n) is 10.6. The number of sulfonamides is 1. The van der Waals surface area contributed by atoms with Crippen molar-refractivity contribution in [1.29, 1.82) is 0 Å². The molecule has 2 aromatic rings. The fraction of sp³-hybridized carbons (Fsp3) is 0.458. The Morgan fingerprint density at radius 3 is 2.19 bits per heavy atom. The first-order chi connectivity index (χ1) is 14.9. The molecule has 0 unspecified atom stereocenters. The molecular formula is C24H33ClN2O4S. The van der Waals surface area contributed by atoms with E-state index >= 15 is 0 Å². The van der Waals surface area contributed by atoms with Crippen molar-refractivity contribution < 1.29 is 17.9 Å². The second-order valence-corrected chi connectivity index (χ2v) is 10.6. The summed E-state index contributed by atoms with van der Waals surface area (Å²) in [4.78, 5) is 13.3. The van der Waals surface area contributed by atoms with E-state index in [0.29, 0.717) is 17.1 Å². The molecule has 0 bridgehead atoms. The number of amides is 1. The third-order valence-corrected chi connectivity index (χ3v) is 6.91. The van der Waals surface area contributed by atoms with Crippen molar-refractivity contribution in [2.75, 3.05) is 17.7 Å². The highest BCUT2D eigenvalue weighted by Gasteiger charge is 2.32. The van der Waals surface area contributed by atoms with E-state index in [1.54, 1.807) is 38.3 Å². The number of ether oxygens (including phenoxy) is 1. The smallest absolute Gasteiger partial charge is 0.244 e. The fourth-order valence-corrected chi connectivity index (χ4v) is 5.18. The minimum absolute atomic E-state index is 0.251. The van der Waals surface area contributed by atoms with E-state index in [0.717, 1.165) is 33.0 Å². The molecule has 32 heavy (non-hydrogen) atoms. The van der Waals surface area contributed by atoms with Gasteiger partial charge in [0.15, 0.2) is 0 Å². The van der Waals surface area contributed by atoms with Gasteiger partial charge in [-0.15, -0.1) is 0 Å². The van der Waals surface area contributed by atoms with Gasteiger partial charge in [-0.25, -0.2) is 8.42 Å². The first kappa shape index (κ1) is 26.0. The average Bonchev–Trinajstić information content (AvgIpc) is 2.71. The summed E-state index contributed by atoms with van der Waals surface area (Å²) in [6.07, 6.45) is 1.41. The Morgan fingerprint density at radius 2 is 1.72 bits per heavy atom. The molecule has 0 heterocycles. The number of nitrogens with zero attached hydrogens (tertiary/aromatic N) is 1. The zero-order chi connectivity index (χ0) is 24.2. The number of halogens is 1. The van der Waals surface area contributed by atoms with E-state index < -0.39 is 16.1 Å². The molecule has 0 spiro atoms. The van der Waals surface area contributed by atoms with Crippen molar-refractivity contribution in [2.45, 2.75) is 59.0 Å². The Bertz CT molecular complexity index is 1050. The lowest BCUT2D eigenvalue weighted by molar-refractivity contribution is -0.122. The normalized spacial score (nSPS) is 13.5. The Kier molecular flexibility index (Phi) is 8.60. The molecule has 1 amide bonds. The van der Waals surface area contributed by atoms with Gasteiger partial charge < -0.3 is 10.1 Å². The molecule has 0 aliphatic carbocycles. The molecule has 0 aliphatic heterocycles. The summed E-state index contributed by atoms with van der Waals surface area (Å²) >= 11 is 5.96. The third kappa shape index (κ3) is 5.95. The third-order valence-electron chi connectivity index (χ3n) is 5.48. The number of carbonyl (C=O) groups excluding carboxylic acids is 1. The number of anilines is 1. The van der Waals surface area contributed by atoms with Crippen molar-refractivity contribution in [2.24, 2.45) is 0 Å². The number of benzene rings is 2. The maximum atomic E-state index is 13.3. The molecule has 0 radical (unpaired) electrons. The molecule has 6 nitrogen and oxygen atoms in total. The highest BCUT2D eigenvalue weighted by atomic mass is 35.5. The Morgan fingerprint density at radius 1 is 1.12 bits per heavy atom. The van der Waals surface area contributed by atoms with Gasteiger partial charge >= 0.3 is 0 Å². The molecule has 1 N–H and O–H groups in total. The van der Waals surface area contributed by atoms with Crippen molar-refractivity contribution >= 4 is 33.2 Å². The summed E-state index contributed by atoms with van der Waals surface area (Å²) < 4.78 is 31.9. The number of carbonyl (C=O) groups is 1. The fourth-order valence-electron chi connectivity index (χ4n) is 3.85. The second kappa shape index (κ2) is 10.6. The lowest BCUT2D eigenvalue weighted by atomic mass is 9.93. The number of nitrogens with one attached hydrogen (secondary N) is 1. The summed E-state index contributed by atoms with van der Waals surface area (Å²) in [6, 6.07) is 9.24. The number of rotatable bonds is 9. The van der Waals surface area contributed by atoms with Gasteiger partial charge in [-0.1, -0.05) is 32.4 Å². The average molecular weight is 481 g/mol. The minimum atomic E-state index is -3.71. The summed E-state index contributed by atoms with van der Waals surface area (Å²) in [7, 11) is -2.06. The monoisotopic (exact) mass is 480 g/mol. The molecule has 176 valence electrons. The van der Waals surface area contributed by atoms with E-state index in [2.05, 4.69) is 25.2 Å². The van der Waals surface area contributed by atoms with Crippen LogP contribution >= 0.6 is 11.6 Å². The quantitative estimate of drug-likeness (QED) is 0.535. The van der Waals surface area contributed by atoms with Gasteiger partial charge in [-0.3, -0.25) is 9.10 Å². The van der Waals surface area contributed by atoms with E-state index in [1.807, 2.05) is 19.9 Å². The van der Waals surface area contributed by atoms with Gasteiger partial charge in [-0.2, -0.15) is 0 Å². The van der Waals surface area contributed by atoms with E-state index in [4.69, 9.17) is 16.3 Å². The van der Waals surface area contributed by atoms with Gasteiger partial charge in [0.2, 0.25) is 15.9 Å². The lowest BCUT2D eigenvalue weighted by Gasteiger charge is -2.31. The second-order valence-electron chi connectivity index (χ2n) is 8.30. The molecule has 0 aliphatic rings. The molecular weight excluding hydrogens is 448 g/mol. The van der Waals surface area contributed by atoms with Crippen LogP contribution in [-0.2, 0) is 14.8 Å². The SMILES string of the molecule is CC[C@H](C(=O)N[C@H](C)c1cc(C(C)C)c(OC)cc1C)N(c1ccc(Cl)cc1)S(C)(=O)=O. The topological polar surface area (TPSA) is 75.7 Å². The van der Waals surface area contributed by atoms with Crippen molar-refractivity contribution in [1.82, 2.24) is 5.32 Å². The van der Waals surface area contributed by atoms with Gasteiger partial charge in [0.05, 0.1) is 25.1 Å². The van der Waals surface area contributed by atoms with Crippen molar-refractivity contribution in [3.05, 3.63) is 58.1 Å². The van der Waals surface area contributed by atoms with Crippen molar-refractivity contribution in [3.8, 4) is 5.75 Å². The zero-order valence-corrected chi connectivity index (χ0v) is 21.3. The van der Waals surface area contributed by atoms with Crippen LogP contribution in [0.3, 0.4) is 0 Å². The Hall–Kier alpha value is -2.25. The van der Waals surface area contributed by atoms with Crippen LogP contribution in [0.25, 0.3) is 0 Å². The van der Waals surface area contributed by atoms with E-state index in [1.165, 1.54) is 0 Å². The predicted octanol–water partition coefficient (Wildman–Crippen LogP) is 5.20. The molecule has 0 aromatic heterocycles. The molecule has 2 atom stereocenters. The molecule has 2 rings (SSSR count). The first-order valence-corrected chi connectivity index (χ1v) is 12.9. The van der Waals surface area contributed by atoms with Gasteiger partial charge in [0, 0.05) is 5.02 Å². The van der Waals surface area contributed by atoms with Gasteiger partial charge in [-0.05, 0) is 79.3 Å². The van der Waals surface area contributed by atoms with Crippen molar-refractivity contribution in [3.63, 3.8) is 0 Å². The van der Waals surface area contributed by atoms with Crippen LogP contribution in [0.2, 0.25) is 5.02 Å². The van der Waals surface area contributed by atoms with Crippen LogP contribution in [-0.4, -0.2) is 33.7 Å². The summed E-state index contributed by atoms with van der Waals surface area (Å²) in [5.74, 6) is 0.708. The highest BCUT2D eigenvalue weighted by Crippen LogP contribution is 2.32. The van der Waals surface area contributed by atoms with E-state index in [-0.39, 0.29) is 17.9 Å². The number of hydrogen-bond donors (Lipinski definition) is 1. The Balaban J connectivity index is 2.38. The van der Waals surface area contributed by atoms with Crippen LogP contribution in [0, 0.1) is 6.92 Å². The van der Waals surface area contributed by atoms with Gasteiger partial charge in [0.1, 0.15) is 11.8 Å². The zero-order valence-electron chi connectivity index (χ0n) is 19.8. The summed E-state index contributed by atoms with van der Waals surface area (Å²) in [5.41, 5.74) is 3.41. The molecule has 0 fully saturated rings. The summed E-state index contributed by atoms with van der Waals surface area (Å²) in [5, 5.41) is 3.50. The maximum absolute atomic E-state index is 13.3. The van der Waals surface area contributed by atoms with Gasteiger partial charge in [0.25, 0.3) is 0 Å². The van der Waals surface area contributed by atoms with Crippen LogP contribution in [0.4, 0.5) is 5.69 Å². The Labute approximate surface area is 197 Å². The maximum Gasteiger partial charge on any atom is 0.244 e. The summed E-state index contributed by atoms with van der Waals surface area (Å²) in [6.45, 7) is 9.83. The lowest BCUT2D eigenvalue weighted by Crippen LogP contribution is -2.49. The number of methoxy groups -OCH3 is 1. The van der Waals surface area contributed by atoms with Crippen LogP contribution in [0.15, 0.2) is 36.4 Å². The van der Waals surface area contributed by atoms with E-state index in [9.17, 15) is 13.2 Å². The minimum Gasteiger partial charge on any atom is -0.496 e. The largest absolute Gasteiger partial charge is 0.496 e. The predicted molar refractivity (Wildman–Crippen MR) is 131 cm³/mol. The highest BCUT2D eigenvalue weighted by molar-refractivity contribution is 7.92. The van der Waals surface area contributed by atoms with Crippen LogP contribution in [0.5, 0.6) is 5.75 Å². The van der Waals surface area contributed by atoms with Crippen LogP contribution < -0.4 is 14.4 Å². The molecule has 2 aromatic carbocycles. The standard InChI is InChI=1S/C24H33ClN2O4S/c1-8-22(27(32(7,29)30)19-11-9-18(25)10-12-19)24(28)26-17(5)21-14-20(15(2)3)23(31-6)13-16(21)4/h9-15,17,22H,8H2,1-7H3,(H,26,28)/t17-,22-/m1/s1. The van der Waals surface area contributed by atoms with Crippen LogP contribution in [0.1, 0.15) is 62.8 Å². The molecule has 8 heteroatoms. The molecule has 0 saturated carbocycles. The number of hydrogen-bond acceptors (Lipinski definition) is 4. The molecule has 0 saturated heterocycles. The number of aryl methyl sites for hydroxylation is 1.